The van der Waals surface area contributed by atoms with Crippen LogP contribution in [-0.2, 0) is 0 Å². The minimum atomic E-state index is -0.400. The molecular formula is C24H26FN5O2. The van der Waals surface area contributed by atoms with E-state index in [1.165, 1.54) is 16.9 Å². The third kappa shape index (κ3) is 5.14. The van der Waals surface area contributed by atoms with Crippen LogP contribution in [0.1, 0.15) is 28.8 Å². The molecule has 0 bridgehead atoms. The molecule has 166 valence electrons. The molecule has 1 aliphatic rings. The molecule has 0 aliphatic carbocycles. The first-order chi connectivity index (χ1) is 15.5. The minimum absolute atomic E-state index is 0.138. The number of amides is 3. The van der Waals surface area contributed by atoms with E-state index in [9.17, 15) is 14.0 Å². The summed E-state index contributed by atoms with van der Waals surface area (Å²) >= 11 is 0. The molecule has 1 saturated heterocycles. The van der Waals surface area contributed by atoms with Gasteiger partial charge >= 0.3 is 6.03 Å². The number of hydrogen-bond donors (Lipinski definition) is 2. The maximum atomic E-state index is 14.0. The number of benzene rings is 2. The normalized spacial score (nSPS) is 15.9. The van der Waals surface area contributed by atoms with Crippen molar-refractivity contribution in [3.05, 3.63) is 77.9 Å². The molecule has 1 aromatic heterocycles. The van der Waals surface area contributed by atoms with Gasteiger partial charge in [-0.3, -0.25) is 4.79 Å². The van der Waals surface area contributed by atoms with Gasteiger partial charge in [-0.25, -0.2) is 13.9 Å². The predicted molar refractivity (Wildman–Crippen MR) is 120 cm³/mol. The Balaban J connectivity index is 1.31. The number of aryl methyl sites for hydroxylation is 1. The number of carbonyl (C=O) groups excluding carboxylic acids is 2. The first-order valence-electron chi connectivity index (χ1n) is 10.7. The number of urea groups is 1. The summed E-state index contributed by atoms with van der Waals surface area (Å²) in [5.74, 6) is -0.373. The molecule has 4 rings (SSSR count). The van der Waals surface area contributed by atoms with Crippen LogP contribution in [0.25, 0.3) is 5.69 Å². The van der Waals surface area contributed by atoms with E-state index in [1.807, 2.05) is 31.2 Å². The number of para-hydroxylation sites is 1. The fourth-order valence-electron chi connectivity index (χ4n) is 3.85. The average Bonchev–Trinajstić information content (AvgIpc) is 3.29. The van der Waals surface area contributed by atoms with Gasteiger partial charge in [-0.15, -0.1) is 0 Å². The highest BCUT2D eigenvalue weighted by molar-refractivity contribution is 5.94. The molecule has 2 N–H and O–H groups in total. The van der Waals surface area contributed by atoms with Crippen molar-refractivity contribution in [2.45, 2.75) is 19.8 Å². The lowest BCUT2D eigenvalue weighted by molar-refractivity contribution is 0.0675. The molecule has 1 atom stereocenters. The number of aromatic nitrogens is 2. The van der Waals surface area contributed by atoms with Crippen molar-refractivity contribution in [2.24, 2.45) is 5.92 Å². The summed E-state index contributed by atoms with van der Waals surface area (Å²) in [6.07, 6.45) is 4.81. The largest absolute Gasteiger partial charge is 0.338 e. The van der Waals surface area contributed by atoms with Crippen LogP contribution in [-0.4, -0.2) is 46.3 Å². The van der Waals surface area contributed by atoms with Crippen molar-refractivity contribution >= 4 is 17.6 Å². The van der Waals surface area contributed by atoms with Crippen LogP contribution < -0.4 is 10.6 Å². The van der Waals surface area contributed by atoms with E-state index in [-0.39, 0.29) is 17.9 Å². The second-order valence-electron chi connectivity index (χ2n) is 8.09. The lowest BCUT2D eigenvalue weighted by atomic mass is 9.97. The third-order valence-corrected chi connectivity index (χ3v) is 5.60. The highest BCUT2D eigenvalue weighted by Crippen LogP contribution is 2.19. The number of halogens is 1. The predicted octanol–water partition coefficient (Wildman–Crippen LogP) is 3.99. The van der Waals surface area contributed by atoms with Gasteiger partial charge in [-0.2, -0.15) is 5.10 Å². The van der Waals surface area contributed by atoms with Crippen LogP contribution in [0.4, 0.5) is 14.9 Å². The monoisotopic (exact) mass is 435 g/mol. The Hall–Kier alpha value is -3.68. The summed E-state index contributed by atoms with van der Waals surface area (Å²) in [5, 5.41) is 9.87. The molecule has 2 heterocycles. The third-order valence-electron chi connectivity index (χ3n) is 5.60. The van der Waals surface area contributed by atoms with Crippen LogP contribution in [0.3, 0.4) is 0 Å². The molecule has 0 radical (unpaired) electrons. The highest BCUT2D eigenvalue weighted by Gasteiger charge is 2.26. The first-order valence-corrected chi connectivity index (χ1v) is 10.7. The summed E-state index contributed by atoms with van der Waals surface area (Å²) in [7, 11) is 0. The molecule has 8 heteroatoms. The quantitative estimate of drug-likeness (QED) is 0.636. The fourth-order valence-corrected chi connectivity index (χ4v) is 3.85. The molecule has 2 aromatic carbocycles. The molecule has 7 nitrogen and oxygen atoms in total. The van der Waals surface area contributed by atoms with E-state index in [4.69, 9.17) is 0 Å². The highest BCUT2D eigenvalue weighted by atomic mass is 19.1. The molecule has 0 spiro atoms. The molecule has 3 aromatic rings. The SMILES string of the molecule is Cc1ccc(NC(=O)NCC2CCCN(C(=O)c3cnn(-c4ccccc4F)c3)C2)cc1. The topological polar surface area (TPSA) is 79.3 Å². The maximum Gasteiger partial charge on any atom is 0.319 e. The van der Waals surface area contributed by atoms with Gasteiger partial charge in [-0.05, 0) is 49.9 Å². The Bertz CT molecular complexity index is 1100. The van der Waals surface area contributed by atoms with Gasteiger partial charge in [0.05, 0.1) is 11.8 Å². The van der Waals surface area contributed by atoms with E-state index >= 15 is 0 Å². The number of carbonyl (C=O) groups is 2. The summed E-state index contributed by atoms with van der Waals surface area (Å²) < 4.78 is 15.4. The van der Waals surface area contributed by atoms with Crippen LogP contribution in [0, 0.1) is 18.7 Å². The maximum absolute atomic E-state index is 14.0. The fraction of sp³-hybridized carbons (Fsp3) is 0.292. The average molecular weight is 436 g/mol. The Labute approximate surface area is 186 Å². The molecule has 32 heavy (non-hydrogen) atoms. The number of anilines is 1. The van der Waals surface area contributed by atoms with Crippen molar-refractivity contribution in [1.29, 1.82) is 0 Å². The van der Waals surface area contributed by atoms with Gasteiger partial charge in [0.1, 0.15) is 11.5 Å². The number of nitrogens with one attached hydrogen (secondary N) is 2. The zero-order valence-electron chi connectivity index (χ0n) is 17.9. The van der Waals surface area contributed by atoms with E-state index in [2.05, 4.69) is 15.7 Å². The standard InChI is InChI=1S/C24H26FN5O2/c1-17-8-10-20(11-9-17)28-24(32)26-13-18-5-4-12-29(15-18)23(31)19-14-27-30(16-19)22-7-3-2-6-21(22)25/h2-3,6-11,14,16,18H,4-5,12-13,15H2,1H3,(H2,26,28,32). The molecule has 0 saturated carbocycles. The van der Waals surface area contributed by atoms with Gasteiger partial charge in [0.2, 0.25) is 0 Å². The Morgan fingerprint density at radius 2 is 1.94 bits per heavy atom. The Kier molecular flexibility index (Phi) is 6.49. The number of rotatable bonds is 5. The van der Waals surface area contributed by atoms with Crippen LogP contribution in [0.5, 0.6) is 0 Å². The van der Waals surface area contributed by atoms with E-state index in [1.54, 1.807) is 29.3 Å². The van der Waals surface area contributed by atoms with Crippen molar-refractivity contribution < 1.29 is 14.0 Å². The first kappa shape index (κ1) is 21.5. The van der Waals surface area contributed by atoms with Crippen LogP contribution in [0.2, 0.25) is 0 Å². The van der Waals surface area contributed by atoms with Crippen molar-refractivity contribution in [1.82, 2.24) is 20.0 Å². The Morgan fingerprint density at radius 3 is 2.72 bits per heavy atom. The molecule has 1 unspecified atom stereocenters. The molecule has 1 fully saturated rings. The zero-order chi connectivity index (χ0) is 22.5. The van der Waals surface area contributed by atoms with Gasteiger partial charge < -0.3 is 15.5 Å². The summed E-state index contributed by atoms with van der Waals surface area (Å²) in [6.45, 7) is 3.67. The van der Waals surface area contributed by atoms with Gasteiger partial charge in [-0.1, -0.05) is 29.8 Å². The summed E-state index contributed by atoms with van der Waals surface area (Å²) in [4.78, 5) is 26.9. The second kappa shape index (κ2) is 9.64. The molecule has 3 amide bonds. The van der Waals surface area contributed by atoms with Gasteiger partial charge in [0.25, 0.3) is 5.91 Å². The smallest absolute Gasteiger partial charge is 0.319 e. The lowest BCUT2D eigenvalue weighted by Gasteiger charge is -2.32. The summed E-state index contributed by atoms with van der Waals surface area (Å²) in [5.41, 5.74) is 2.58. The van der Waals surface area contributed by atoms with Crippen molar-refractivity contribution in [3.8, 4) is 5.69 Å². The van der Waals surface area contributed by atoms with Crippen LogP contribution >= 0.6 is 0 Å². The van der Waals surface area contributed by atoms with Gasteiger partial charge in [0.15, 0.2) is 0 Å². The van der Waals surface area contributed by atoms with Crippen molar-refractivity contribution in [3.63, 3.8) is 0 Å². The Morgan fingerprint density at radius 1 is 1.16 bits per heavy atom. The van der Waals surface area contributed by atoms with Gasteiger partial charge in [0, 0.05) is 31.5 Å². The zero-order valence-corrected chi connectivity index (χ0v) is 17.9. The van der Waals surface area contributed by atoms with E-state index < -0.39 is 5.82 Å². The number of hydrogen-bond acceptors (Lipinski definition) is 3. The van der Waals surface area contributed by atoms with Crippen molar-refractivity contribution in [2.75, 3.05) is 25.0 Å². The molecular weight excluding hydrogens is 409 g/mol. The second-order valence-corrected chi connectivity index (χ2v) is 8.09. The van der Waals surface area contributed by atoms with E-state index in [0.717, 1.165) is 24.1 Å². The number of nitrogens with zero attached hydrogens (tertiary/aromatic N) is 3. The molecule has 1 aliphatic heterocycles. The summed E-state index contributed by atoms with van der Waals surface area (Å²) in [6, 6.07) is 13.6. The number of piperidine rings is 1. The minimum Gasteiger partial charge on any atom is -0.338 e. The van der Waals surface area contributed by atoms with Crippen LogP contribution in [0.15, 0.2) is 60.9 Å². The number of likely N-dealkylation sites (tertiary alicyclic amines) is 1. The lowest BCUT2D eigenvalue weighted by Crippen LogP contribution is -2.44. The van der Waals surface area contributed by atoms with E-state index in [0.29, 0.717) is 30.9 Å².